The number of benzene rings is 1. The lowest BCUT2D eigenvalue weighted by Gasteiger charge is -2.23. The van der Waals surface area contributed by atoms with Crippen molar-refractivity contribution in [2.45, 2.75) is 25.1 Å². The number of hydrogen-bond donors (Lipinski definition) is 1. The molecule has 0 unspecified atom stereocenters. The summed E-state index contributed by atoms with van der Waals surface area (Å²) in [6.45, 7) is 1.17. The minimum Gasteiger partial charge on any atom is -0.379 e. The van der Waals surface area contributed by atoms with Gasteiger partial charge in [0, 0.05) is 30.0 Å². The molecule has 0 spiro atoms. The molecule has 3 heterocycles. The number of halogens is 3. The van der Waals surface area contributed by atoms with E-state index in [-0.39, 0.29) is 17.6 Å². The maximum atomic E-state index is 13.1. The van der Waals surface area contributed by atoms with Crippen LogP contribution in [0.15, 0.2) is 53.5 Å². The van der Waals surface area contributed by atoms with E-state index in [1.807, 2.05) is 0 Å². The van der Waals surface area contributed by atoms with Crippen molar-refractivity contribution in [2.75, 3.05) is 13.2 Å². The molecule has 0 bridgehead atoms. The van der Waals surface area contributed by atoms with E-state index in [0.29, 0.717) is 36.0 Å². The molecule has 9 heteroatoms. The molecule has 0 saturated carbocycles. The summed E-state index contributed by atoms with van der Waals surface area (Å²) in [7, 11) is 0. The summed E-state index contributed by atoms with van der Waals surface area (Å²) in [5, 5.41) is 2.91. The molecule has 1 N–H and O–H groups in total. The van der Waals surface area contributed by atoms with Gasteiger partial charge in [0.25, 0.3) is 11.5 Å². The number of fused-ring (bicyclic) bond motifs is 1. The molecule has 1 amide bonds. The quantitative estimate of drug-likeness (QED) is 0.710. The Morgan fingerprint density at radius 3 is 2.63 bits per heavy atom. The summed E-state index contributed by atoms with van der Waals surface area (Å²) in [5.41, 5.74) is -0.852. The van der Waals surface area contributed by atoms with Gasteiger partial charge < -0.3 is 10.1 Å². The monoisotopic (exact) mass is 417 g/mol. The zero-order chi connectivity index (χ0) is 21.3. The Morgan fingerprint density at radius 1 is 1.20 bits per heavy atom. The molecule has 2 aromatic heterocycles. The van der Waals surface area contributed by atoms with Gasteiger partial charge in [0.2, 0.25) is 0 Å². The van der Waals surface area contributed by atoms with Gasteiger partial charge in [-0.3, -0.25) is 14.0 Å². The Labute approximate surface area is 169 Å². The van der Waals surface area contributed by atoms with Crippen LogP contribution < -0.4 is 10.9 Å². The number of hydrogen-bond acceptors (Lipinski definition) is 4. The number of aromatic nitrogens is 2. The van der Waals surface area contributed by atoms with Crippen LogP contribution in [0, 0.1) is 0 Å². The van der Waals surface area contributed by atoms with E-state index in [1.54, 1.807) is 36.4 Å². The molecule has 156 valence electrons. The number of pyridine rings is 1. The number of ether oxygens (including phenoxy) is 1. The van der Waals surface area contributed by atoms with E-state index in [0.717, 1.165) is 17.2 Å². The average Bonchev–Trinajstić information content (AvgIpc) is 2.73. The van der Waals surface area contributed by atoms with Crippen molar-refractivity contribution >= 4 is 11.6 Å². The molecule has 1 saturated heterocycles. The average molecular weight is 417 g/mol. The smallest absolute Gasteiger partial charge is 0.379 e. The van der Waals surface area contributed by atoms with Gasteiger partial charge in [-0.2, -0.15) is 13.2 Å². The van der Waals surface area contributed by atoms with Crippen molar-refractivity contribution in [1.29, 1.82) is 0 Å². The zero-order valence-electron chi connectivity index (χ0n) is 15.8. The third-order valence-corrected chi connectivity index (χ3v) is 4.94. The Kier molecular flexibility index (Phi) is 5.29. The molecule has 4 rings (SSSR count). The van der Waals surface area contributed by atoms with Crippen molar-refractivity contribution in [3.05, 3.63) is 70.3 Å². The summed E-state index contributed by atoms with van der Waals surface area (Å²) in [6.07, 6.45) is -1.63. The van der Waals surface area contributed by atoms with Crippen LogP contribution >= 0.6 is 0 Å². The Balaban J connectivity index is 1.66. The van der Waals surface area contributed by atoms with Crippen molar-refractivity contribution in [3.8, 4) is 11.1 Å². The largest absolute Gasteiger partial charge is 0.433 e. The lowest BCUT2D eigenvalue weighted by molar-refractivity contribution is -0.141. The standard InChI is InChI=1S/C21H18F3N3O3/c22-21(23,24)17-11-18(28)27-9-1-4-16(19(27)26-17)13-5-7-14(8-6-13)20(29)25-15-3-2-10-30-12-15/h1,4-9,11,15H,2-3,10,12H2,(H,25,29)/t15-/m0/s1. The Bertz CT molecular complexity index is 1130. The second-order valence-electron chi connectivity index (χ2n) is 7.06. The first-order chi connectivity index (χ1) is 14.3. The van der Waals surface area contributed by atoms with Crippen LogP contribution in [-0.4, -0.2) is 34.5 Å². The second kappa shape index (κ2) is 7.91. The van der Waals surface area contributed by atoms with E-state index in [1.165, 1.54) is 6.20 Å². The minimum atomic E-state index is -4.73. The number of amides is 1. The molecule has 1 atom stereocenters. The van der Waals surface area contributed by atoms with Gasteiger partial charge >= 0.3 is 6.18 Å². The third kappa shape index (κ3) is 4.06. The van der Waals surface area contributed by atoms with E-state index in [2.05, 4.69) is 10.3 Å². The lowest BCUT2D eigenvalue weighted by atomic mass is 10.0. The predicted octanol–water partition coefficient (Wildman–Crippen LogP) is 3.29. The number of alkyl halides is 3. The fourth-order valence-electron chi connectivity index (χ4n) is 3.42. The molecule has 1 aliphatic heterocycles. The Hall–Kier alpha value is -3.20. The molecule has 1 aromatic carbocycles. The van der Waals surface area contributed by atoms with E-state index in [9.17, 15) is 22.8 Å². The van der Waals surface area contributed by atoms with Crippen molar-refractivity contribution < 1.29 is 22.7 Å². The topological polar surface area (TPSA) is 72.7 Å². The highest BCUT2D eigenvalue weighted by molar-refractivity contribution is 5.95. The highest BCUT2D eigenvalue weighted by Crippen LogP contribution is 2.29. The third-order valence-electron chi connectivity index (χ3n) is 4.94. The van der Waals surface area contributed by atoms with Gasteiger partial charge in [-0.1, -0.05) is 12.1 Å². The fraction of sp³-hybridized carbons (Fsp3) is 0.286. The number of rotatable bonds is 3. The normalized spacial score (nSPS) is 17.1. The molecule has 1 aliphatic rings. The number of carbonyl (C=O) groups is 1. The van der Waals surface area contributed by atoms with E-state index >= 15 is 0 Å². The predicted molar refractivity (Wildman–Crippen MR) is 103 cm³/mol. The maximum absolute atomic E-state index is 13.1. The molecule has 30 heavy (non-hydrogen) atoms. The van der Waals surface area contributed by atoms with Gasteiger partial charge in [0.05, 0.1) is 12.6 Å². The van der Waals surface area contributed by atoms with Gasteiger partial charge in [0.1, 0.15) is 5.65 Å². The molecular weight excluding hydrogens is 399 g/mol. The number of carbonyl (C=O) groups excluding carboxylic acids is 1. The first-order valence-corrected chi connectivity index (χ1v) is 9.41. The molecule has 6 nitrogen and oxygen atoms in total. The summed E-state index contributed by atoms with van der Waals surface area (Å²) in [5.74, 6) is -0.247. The SMILES string of the molecule is O=C(N[C@H]1CCCOC1)c1ccc(-c2cccn3c(=O)cc(C(F)(F)F)nc23)cc1. The fourth-order valence-corrected chi connectivity index (χ4v) is 3.42. The first-order valence-electron chi connectivity index (χ1n) is 9.41. The van der Waals surface area contributed by atoms with Crippen LogP contribution in [0.1, 0.15) is 28.9 Å². The van der Waals surface area contributed by atoms with Crippen LogP contribution in [0.4, 0.5) is 13.2 Å². The highest BCUT2D eigenvalue weighted by Gasteiger charge is 2.33. The molecule has 0 radical (unpaired) electrons. The van der Waals surface area contributed by atoms with Gasteiger partial charge in [-0.15, -0.1) is 0 Å². The number of nitrogens with zero attached hydrogens (tertiary/aromatic N) is 2. The van der Waals surface area contributed by atoms with Crippen LogP contribution in [0.25, 0.3) is 16.8 Å². The first kappa shape index (κ1) is 20.1. The molecule has 0 aliphatic carbocycles. The van der Waals surface area contributed by atoms with Crippen LogP contribution in [0.3, 0.4) is 0 Å². The lowest BCUT2D eigenvalue weighted by Crippen LogP contribution is -2.40. The van der Waals surface area contributed by atoms with Gasteiger partial charge in [0.15, 0.2) is 5.69 Å². The van der Waals surface area contributed by atoms with Crippen LogP contribution in [0.5, 0.6) is 0 Å². The molecule has 1 fully saturated rings. The Morgan fingerprint density at radius 2 is 1.97 bits per heavy atom. The zero-order valence-corrected chi connectivity index (χ0v) is 15.8. The summed E-state index contributed by atoms with van der Waals surface area (Å²) in [4.78, 5) is 28.2. The summed E-state index contributed by atoms with van der Waals surface area (Å²) < 4.78 is 45.7. The minimum absolute atomic E-state index is 0.0409. The summed E-state index contributed by atoms with van der Waals surface area (Å²) >= 11 is 0. The van der Waals surface area contributed by atoms with E-state index < -0.39 is 17.4 Å². The van der Waals surface area contributed by atoms with Crippen molar-refractivity contribution in [3.63, 3.8) is 0 Å². The van der Waals surface area contributed by atoms with Crippen LogP contribution in [-0.2, 0) is 10.9 Å². The van der Waals surface area contributed by atoms with E-state index in [4.69, 9.17) is 4.74 Å². The number of nitrogens with one attached hydrogen (secondary N) is 1. The molecule has 3 aromatic rings. The maximum Gasteiger partial charge on any atom is 0.433 e. The van der Waals surface area contributed by atoms with Crippen molar-refractivity contribution in [1.82, 2.24) is 14.7 Å². The molecular formula is C21H18F3N3O3. The van der Waals surface area contributed by atoms with Crippen LogP contribution in [0.2, 0.25) is 0 Å². The second-order valence-corrected chi connectivity index (χ2v) is 7.06. The summed E-state index contributed by atoms with van der Waals surface area (Å²) in [6, 6.07) is 9.98. The van der Waals surface area contributed by atoms with Gasteiger partial charge in [-0.05, 0) is 42.7 Å². The highest BCUT2D eigenvalue weighted by atomic mass is 19.4. The van der Waals surface area contributed by atoms with Gasteiger partial charge in [-0.25, -0.2) is 4.98 Å². The van der Waals surface area contributed by atoms with Crippen molar-refractivity contribution in [2.24, 2.45) is 0 Å².